The van der Waals surface area contributed by atoms with Gasteiger partial charge in [0.25, 0.3) is 0 Å². The van der Waals surface area contributed by atoms with E-state index in [1.807, 2.05) is 4.90 Å². The summed E-state index contributed by atoms with van der Waals surface area (Å²) in [5, 5.41) is 13.8. The molecular formula is C42H39Cl2F6N4O6Pd-. The fourth-order valence-electron chi connectivity index (χ4n) is 5.25. The molecule has 6 rings (SSSR count). The molecule has 0 radical (unpaired) electrons. The van der Waals surface area contributed by atoms with Crippen LogP contribution in [0.1, 0.15) is 38.8 Å². The number of rotatable bonds is 9. The van der Waals surface area contributed by atoms with Crippen molar-refractivity contribution < 1.29 is 70.8 Å². The molecule has 19 heteroatoms. The molecule has 0 spiro atoms. The van der Waals surface area contributed by atoms with E-state index in [9.17, 15) is 35.9 Å². The van der Waals surface area contributed by atoms with Gasteiger partial charge in [-0.1, -0.05) is 11.8 Å². The molecule has 0 aliphatic carbocycles. The fourth-order valence-corrected chi connectivity index (χ4v) is 5.25. The van der Waals surface area contributed by atoms with Gasteiger partial charge in [0.2, 0.25) is 11.6 Å². The van der Waals surface area contributed by atoms with Crippen LogP contribution in [0.4, 0.5) is 37.7 Å². The minimum atomic E-state index is -2.98. The third kappa shape index (κ3) is 18.9. The topological polar surface area (TPSA) is 125 Å². The van der Waals surface area contributed by atoms with Crippen molar-refractivity contribution >= 4 is 42.0 Å². The number of hydrogen-bond acceptors (Lipinski definition) is 10. The Morgan fingerprint density at radius 2 is 1.02 bits per heavy atom. The first-order valence-corrected chi connectivity index (χ1v) is 21.2. The summed E-state index contributed by atoms with van der Waals surface area (Å²) in [5.41, 5.74) is 2.15. The van der Waals surface area contributed by atoms with Gasteiger partial charge in [-0.05, 0) is 84.9 Å². The second kappa shape index (κ2) is 29.8. The number of anilines is 2. The van der Waals surface area contributed by atoms with E-state index in [-0.39, 0.29) is 57.5 Å². The predicted molar refractivity (Wildman–Crippen MR) is 216 cm³/mol. The van der Waals surface area contributed by atoms with Crippen LogP contribution in [0.15, 0.2) is 84.9 Å². The summed E-state index contributed by atoms with van der Waals surface area (Å²) in [5.74, 6) is 3.44. The number of Topliss-reactive ketones (excluding diaryl/α,β-unsaturated/α-hetero) is 2. The minimum absolute atomic E-state index is 0. The van der Waals surface area contributed by atoms with Gasteiger partial charge in [0.05, 0.1) is 43.9 Å². The molecule has 4 aromatic carbocycles. The quantitative estimate of drug-likeness (QED) is 0.0400. The number of alkyl halides is 4. The molecule has 0 aromatic heterocycles. The Kier molecular flexibility index (Phi) is 26.3. The van der Waals surface area contributed by atoms with Crippen molar-refractivity contribution in [3.63, 3.8) is 0 Å². The molecule has 2 aliphatic rings. The summed E-state index contributed by atoms with van der Waals surface area (Å²) in [6.07, 6.45) is 0. The molecule has 10 nitrogen and oxygen atoms in total. The van der Waals surface area contributed by atoms with E-state index in [1.165, 1.54) is 61.5 Å². The molecule has 2 fully saturated rings. The Morgan fingerprint density at radius 1 is 0.672 bits per heavy atom. The van der Waals surface area contributed by atoms with Crippen LogP contribution in [0.3, 0.4) is 0 Å². The van der Waals surface area contributed by atoms with Gasteiger partial charge in [-0.3, -0.25) is 9.59 Å². The molecule has 0 unspecified atom stereocenters. The molecule has 0 amide bonds. The first-order chi connectivity index (χ1) is 28.9. The molecule has 0 N–H and O–H groups in total. The monoisotopic (exact) mass is 985 g/mol. The van der Waals surface area contributed by atoms with E-state index >= 15 is 0 Å². The van der Waals surface area contributed by atoms with Gasteiger partial charge >= 0.3 is 48.2 Å². The van der Waals surface area contributed by atoms with Gasteiger partial charge in [0.15, 0.2) is 0 Å². The average Bonchev–Trinajstić information content (AvgIpc) is 3.25. The Hall–Kier alpha value is -5.30. The third-order valence-corrected chi connectivity index (χ3v) is 7.84. The molecule has 330 valence electrons. The van der Waals surface area contributed by atoms with Gasteiger partial charge in [0, 0.05) is 61.9 Å². The van der Waals surface area contributed by atoms with E-state index in [2.05, 4.69) is 27.9 Å². The number of morpholine rings is 2. The molecule has 4 aromatic rings. The van der Waals surface area contributed by atoms with Crippen LogP contribution in [0, 0.1) is 54.1 Å². The van der Waals surface area contributed by atoms with Crippen LogP contribution in [-0.2, 0) is 25.4 Å². The zero-order valence-electron chi connectivity index (χ0n) is 32.6. The second-order valence-electron chi connectivity index (χ2n) is 11.5. The van der Waals surface area contributed by atoms with E-state index in [0.29, 0.717) is 69.4 Å². The van der Waals surface area contributed by atoms with Crippen LogP contribution in [0.2, 0.25) is 0 Å². The van der Waals surface area contributed by atoms with Crippen LogP contribution in [0.25, 0.3) is 0 Å². The Bertz CT molecular complexity index is 2070. The van der Waals surface area contributed by atoms with Crippen LogP contribution in [-0.4, -0.2) is 77.4 Å². The van der Waals surface area contributed by atoms with Crippen LogP contribution < -0.4 is 19.3 Å². The van der Waals surface area contributed by atoms with Crippen LogP contribution >= 0.6 is 19.1 Å². The van der Waals surface area contributed by atoms with Crippen LogP contribution in [0.5, 0.6) is 11.5 Å². The molecule has 2 heterocycles. The van der Waals surface area contributed by atoms with E-state index < -0.39 is 30.6 Å². The summed E-state index contributed by atoms with van der Waals surface area (Å²) in [6, 6.07) is 21.1. The Labute approximate surface area is 366 Å². The zero-order chi connectivity index (χ0) is 44.5. The SMILES string of the molecule is C#N.CC#N.Fc1ccc(C#Cc2ccc(OC(F)F)cc2)cc1N1CCOCC1.O=C(C(=O)c1ccc(F)c(N2CCOCC2)c1)c1ccc(OC(F)F)cc1.[CH3-].[Cl][Pd][Cl]. The standard InChI is InChI=1S/C19H16F3NO4.C19H16F3NO2.C2H3N.CHN.CH3.2ClH.Pd/c20-15-6-3-13(11-16(15)23-7-9-26-10-8-23)18(25)17(24)12-1-4-14(5-2-12)27-19(21)22;20-17-8-5-15(13-18(17)23-9-11-24-12-10-23)2-1-14-3-6-16(7-4-14)25-19(21)22;1-2-3;1-2;;;;/h1-6,11,19H,7-10H2;3-8,13,19H,9-12H2;1H3;1H;1H3;2*1H;/q;;;;-1;;;+2/p-2. The van der Waals surface area contributed by atoms with E-state index in [1.54, 1.807) is 35.2 Å². The number of carbonyl (C=O) groups is 2. The summed E-state index contributed by atoms with van der Waals surface area (Å²) in [7, 11) is 9.63. The first-order valence-electron chi connectivity index (χ1n) is 17.2. The molecular weight excluding hydrogens is 948 g/mol. The zero-order valence-corrected chi connectivity index (χ0v) is 35.6. The number of ketones is 2. The summed E-state index contributed by atoms with van der Waals surface area (Å²) in [6.45, 7) is 3.37. The summed E-state index contributed by atoms with van der Waals surface area (Å²) < 4.78 is 95.8. The molecule has 0 atom stereocenters. The van der Waals surface area contributed by atoms with Gasteiger partial charge in [-0.25, -0.2) is 14.0 Å². The molecule has 2 aliphatic heterocycles. The number of ether oxygens (including phenoxy) is 4. The van der Waals surface area contributed by atoms with E-state index in [4.69, 9.17) is 39.1 Å². The number of nitriles is 2. The average molecular weight is 987 g/mol. The van der Waals surface area contributed by atoms with Gasteiger partial charge in [0.1, 0.15) is 23.1 Å². The summed E-state index contributed by atoms with van der Waals surface area (Å²) in [4.78, 5) is 28.6. The van der Waals surface area contributed by atoms with Gasteiger partial charge in [-0.15, -0.1) is 0 Å². The van der Waals surface area contributed by atoms with E-state index in [0.717, 1.165) is 6.07 Å². The number of benzene rings is 4. The van der Waals surface area contributed by atoms with Crippen molar-refractivity contribution in [3.8, 4) is 36.0 Å². The normalized spacial score (nSPS) is 12.7. The van der Waals surface area contributed by atoms with Gasteiger partial charge in [-0.2, -0.15) is 22.8 Å². The number of halogens is 8. The van der Waals surface area contributed by atoms with Crippen molar-refractivity contribution in [1.29, 1.82) is 10.5 Å². The predicted octanol–water partition coefficient (Wildman–Crippen LogP) is 9.49. The second-order valence-corrected chi connectivity index (χ2v) is 13.9. The van der Waals surface area contributed by atoms with Crippen molar-refractivity contribution in [1.82, 2.24) is 0 Å². The number of carbonyl (C=O) groups excluding carboxylic acids is 2. The summed E-state index contributed by atoms with van der Waals surface area (Å²) >= 11 is -0.106. The van der Waals surface area contributed by atoms with Crippen molar-refractivity contribution in [2.75, 3.05) is 62.4 Å². The Balaban J connectivity index is 0.000000515. The van der Waals surface area contributed by atoms with Crippen molar-refractivity contribution in [2.45, 2.75) is 20.1 Å². The maximum atomic E-state index is 14.1. The molecule has 0 saturated carbocycles. The maximum absolute atomic E-state index is 14.1. The van der Waals surface area contributed by atoms with Crippen molar-refractivity contribution in [2.24, 2.45) is 0 Å². The first kappa shape index (κ1) is 53.7. The fraction of sp³-hybridized carbons (Fsp3) is 0.262. The van der Waals surface area contributed by atoms with Crippen molar-refractivity contribution in [3.05, 3.63) is 126 Å². The molecule has 61 heavy (non-hydrogen) atoms. The molecule has 0 bridgehead atoms. The Morgan fingerprint density at radius 3 is 1.46 bits per heavy atom. The third-order valence-electron chi connectivity index (χ3n) is 7.84. The number of nitrogens with zero attached hydrogens (tertiary/aromatic N) is 4. The molecule has 2 saturated heterocycles. The number of hydrogen-bond donors (Lipinski definition) is 0. The van der Waals surface area contributed by atoms with Gasteiger partial charge < -0.3 is 36.2 Å².